The lowest BCUT2D eigenvalue weighted by Gasteiger charge is -2.11. The molecule has 0 aliphatic carbocycles. The number of nitrogens with one attached hydrogen (secondary N) is 1. The third-order valence-electron chi connectivity index (χ3n) is 5.17. The number of likely N-dealkylation sites (N-methyl/N-ethyl adjacent to an activating group) is 1. The second kappa shape index (κ2) is 7.18. The number of imide groups is 1. The highest BCUT2D eigenvalue weighted by Gasteiger charge is 2.33. The van der Waals surface area contributed by atoms with Crippen LogP contribution in [0.4, 0.5) is 5.69 Å². The summed E-state index contributed by atoms with van der Waals surface area (Å²) >= 11 is 0. The van der Waals surface area contributed by atoms with E-state index in [2.05, 4.69) is 14.8 Å². The molecule has 1 N–H and O–H groups in total. The van der Waals surface area contributed by atoms with E-state index >= 15 is 0 Å². The van der Waals surface area contributed by atoms with Crippen LogP contribution in [0.3, 0.4) is 0 Å². The van der Waals surface area contributed by atoms with E-state index in [-0.39, 0.29) is 23.3 Å². The fourth-order valence-corrected chi connectivity index (χ4v) is 3.49. The van der Waals surface area contributed by atoms with Crippen LogP contribution in [0.25, 0.3) is 10.9 Å². The molecular weight excluding hydrogens is 368 g/mol. The number of amides is 3. The van der Waals surface area contributed by atoms with Gasteiger partial charge in [0, 0.05) is 48.5 Å². The van der Waals surface area contributed by atoms with Crippen molar-refractivity contribution in [1.29, 1.82) is 0 Å². The summed E-state index contributed by atoms with van der Waals surface area (Å²) in [6.07, 6.45) is 2.04. The minimum Gasteiger partial charge on any atom is -0.346 e. The fourth-order valence-electron chi connectivity index (χ4n) is 3.49. The first-order chi connectivity index (χ1) is 13.8. The summed E-state index contributed by atoms with van der Waals surface area (Å²) < 4.78 is 2.18. The van der Waals surface area contributed by atoms with Crippen LogP contribution in [0.2, 0.25) is 0 Å². The van der Waals surface area contributed by atoms with Gasteiger partial charge in [0.05, 0.1) is 11.1 Å². The molecule has 7 nitrogen and oxygen atoms in total. The van der Waals surface area contributed by atoms with Crippen LogP contribution in [-0.2, 0) is 6.54 Å². The van der Waals surface area contributed by atoms with Gasteiger partial charge in [0.1, 0.15) is 0 Å². The summed E-state index contributed by atoms with van der Waals surface area (Å²) in [5.41, 5.74) is 2.71. The van der Waals surface area contributed by atoms with Gasteiger partial charge in [-0.05, 0) is 56.6 Å². The van der Waals surface area contributed by atoms with Gasteiger partial charge in [0.25, 0.3) is 17.7 Å². The standard InChI is InChI=1S/C22H22N4O3/c1-24(2)10-11-26-9-8-14-12-16(5-7-19(14)26)23-20(27)15-4-6-17-18(13-15)22(29)25(3)21(17)28/h4-9,12-13H,10-11H2,1-3H3,(H,23,27). The maximum atomic E-state index is 12.7. The van der Waals surface area contributed by atoms with E-state index in [1.807, 2.05) is 44.6 Å². The van der Waals surface area contributed by atoms with E-state index in [1.54, 1.807) is 6.07 Å². The van der Waals surface area contributed by atoms with Gasteiger partial charge in [-0.1, -0.05) is 0 Å². The smallest absolute Gasteiger partial charge is 0.261 e. The van der Waals surface area contributed by atoms with Crippen LogP contribution in [-0.4, -0.2) is 59.8 Å². The van der Waals surface area contributed by atoms with E-state index in [0.29, 0.717) is 16.8 Å². The molecule has 0 bridgehead atoms. The van der Waals surface area contributed by atoms with Crippen molar-refractivity contribution < 1.29 is 14.4 Å². The Morgan fingerprint density at radius 3 is 2.52 bits per heavy atom. The number of hydrogen-bond donors (Lipinski definition) is 1. The Kier molecular flexibility index (Phi) is 4.68. The van der Waals surface area contributed by atoms with Crippen molar-refractivity contribution in [3.05, 3.63) is 65.4 Å². The van der Waals surface area contributed by atoms with E-state index in [9.17, 15) is 14.4 Å². The molecule has 0 saturated carbocycles. The molecule has 7 heteroatoms. The van der Waals surface area contributed by atoms with Gasteiger partial charge in [-0.25, -0.2) is 0 Å². The van der Waals surface area contributed by atoms with Crippen molar-refractivity contribution in [2.24, 2.45) is 0 Å². The molecule has 4 rings (SSSR count). The Morgan fingerprint density at radius 1 is 1.00 bits per heavy atom. The summed E-state index contributed by atoms with van der Waals surface area (Å²) in [7, 11) is 5.52. The molecule has 0 spiro atoms. The zero-order chi connectivity index (χ0) is 20.7. The predicted molar refractivity (Wildman–Crippen MR) is 111 cm³/mol. The predicted octanol–water partition coefficient (Wildman–Crippen LogP) is 2.68. The number of carbonyl (C=O) groups is 3. The van der Waals surface area contributed by atoms with Crippen LogP contribution in [0.1, 0.15) is 31.1 Å². The third kappa shape index (κ3) is 3.40. The second-order valence-electron chi connectivity index (χ2n) is 7.47. The zero-order valence-electron chi connectivity index (χ0n) is 16.6. The van der Waals surface area contributed by atoms with Crippen molar-refractivity contribution in [3.8, 4) is 0 Å². The van der Waals surface area contributed by atoms with Crippen LogP contribution in [0, 0.1) is 0 Å². The number of nitrogens with zero attached hydrogens (tertiary/aromatic N) is 3. The lowest BCUT2D eigenvalue weighted by Crippen LogP contribution is -2.24. The Labute approximate surface area is 168 Å². The second-order valence-corrected chi connectivity index (χ2v) is 7.47. The van der Waals surface area contributed by atoms with Crippen LogP contribution in [0.15, 0.2) is 48.7 Å². The highest BCUT2D eigenvalue weighted by atomic mass is 16.2. The summed E-state index contributed by atoms with van der Waals surface area (Å²) in [5, 5.41) is 3.91. The minimum absolute atomic E-state index is 0.263. The molecule has 1 aliphatic heterocycles. The number of benzene rings is 2. The van der Waals surface area contributed by atoms with E-state index in [1.165, 1.54) is 19.2 Å². The first-order valence-corrected chi connectivity index (χ1v) is 9.36. The zero-order valence-corrected chi connectivity index (χ0v) is 16.6. The molecule has 1 aliphatic rings. The molecule has 29 heavy (non-hydrogen) atoms. The first kappa shape index (κ1) is 18.9. The van der Waals surface area contributed by atoms with Crippen molar-refractivity contribution in [1.82, 2.24) is 14.4 Å². The van der Waals surface area contributed by atoms with Crippen LogP contribution >= 0.6 is 0 Å². The number of rotatable bonds is 5. The van der Waals surface area contributed by atoms with Gasteiger partial charge in [-0.3, -0.25) is 19.3 Å². The van der Waals surface area contributed by atoms with E-state index in [0.717, 1.165) is 28.9 Å². The SMILES string of the molecule is CN(C)CCn1ccc2cc(NC(=O)c3ccc4c(c3)C(=O)N(C)C4=O)ccc21. The maximum Gasteiger partial charge on any atom is 0.261 e. The van der Waals surface area contributed by atoms with Gasteiger partial charge in [0.2, 0.25) is 0 Å². The fraction of sp³-hybridized carbons (Fsp3) is 0.227. The van der Waals surface area contributed by atoms with E-state index < -0.39 is 0 Å². The third-order valence-corrected chi connectivity index (χ3v) is 5.17. The number of aromatic nitrogens is 1. The molecule has 3 amide bonds. The van der Waals surface area contributed by atoms with Gasteiger partial charge < -0.3 is 14.8 Å². The molecule has 0 saturated heterocycles. The summed E-state index contributed by atoms with van der Waals surface area (Å²) in [6.45, 7) is 1.83. The average molecular weight is 390 g/mol. The normalized spacial score (nSPS) is 13.4. The Hall–Kier alpha value is -3.45. The monoisotopic (exact) mass is 390 g/mol. The molecule has 3 aromatic rings. The highest BCUT2D eigenvalue weighted by molar-refractivity contribution is 6.22. The maximum absolute atomic E-state index is 12.7. The molecule has 2 aromatic carbocycles. The molecule has 0 atom stereocenters. The van der Waals surface area contributed by atoms with E-state index in [4.69, 9.17) is 0 Å². The highest BCUT2D eigenvalue weighted by Crippen LogP contribution is 2.24. The largest absolute Gasteiger partial charge is 0.346 e. The molecule has 0 unspecified atom stereocenters. The van der Waals surface area contributed by atoms with Crippen molar-refractivity contribution >= 4 is 34.3 Å². The van der Waals surface area contributed by atoms with Gasteiger partial charge in [0.15, 0.2) is 0 Å². The minimum atomic E-state index is -0.389. The van der Waals surface area contributed by atoms with Crippen molar-refractivity contribution in [2.45, 2.75) is 6.54 Å². The lowest BCUT2D eigenvalue weighted by atomic mass is 10.1. The van der Waals surface area contributed by atoms with Crippen LogP contribution < -0.4 is 5.32 Å². The summed E-state index contributed by atoms with van der Waals surface area (Å²) in [5.74, 6) is -1.06. The topological polar surface area (TPSA) is 74.7 Å². The Morgan fingerprint density at radius 2 is 1.76 bits per heavy atom. The summed E-state index contributed by atoms with van der Waals surface area (Å²) in [6, 6.07) is 12.4. The Bertz CT molecular complexity index is 1150. The molecule has 2 heterocycles. The Balaban J connectivity index is 1.54. The molecule has 0 radical (unpaired) electrons. The van der Waals surface area contributed by atoms with Gasteiger partial charge in [-0.15, -0.1) is 0 Å². The van der Waals surface area contributed by atoms with Gasteiger partial charge in [-0.2, -0.15) is 0 Å². The van der Waals surface area contributed by atoms with Crippen molar-refractivity contribution in [2.75, 3.05) is 33.0 Å². The lowest BCUT2D eigenvalue weighted by molar-refractivity contribution is 0.0693. The number of anilines is 1. The average Bonchev–Trinajstić information content (AvgIpc) is 3.20. The number of carbonyl (C=O) groups excluding carboxylic acids is 3. The number of hydrogen-bond acceptors (Lipinski definition) is 4. The molecule has 148 valence electrons. The number of fused-ring (bicyclic) bond motifs is 2. The quantitative estimate of drug-likeness (QED) is 0.680. The molecule has 1 aromatic heterocycles. The van der Waals surface area contributed by atoms with Crippen LogP contribution in [0.5, 0.6) is 0 Å². The molecular formula is C22H22N4O3. The molecule has 0 fully saturated rings. The van der Waals surface area contributed by atoms with Gasteiger partial charge >= 0.3 is 0 Å². The van der Waals surface area contributed by atoms with Crippen molar-refractivity contribution in [3.63, 3.8) is 0 Å². The summed E-state index contributed by atoms with van der Waals surface area (Å²) in [4.78, 5) is 40.0. The first-order valence-electron chi connectivity index (χ1n) is 9.36.